The van der Waals surface area contributed by atoms with E-state index in [0.717, 1.165) is 12.8 Å². The lowest BCUT2D eigenvalue weighted by atomic mass is 9.97. The molecule has 1 aromatic heterocycles. The van der Waals surface area contributed by atoms with Gasteiger partial charge in [0.2, 0.25) is 0 Å². The Hall–Kier alpha value is -1.20. The van der Waals surface area contributed by atoms with Gasteiger partial charge in [-0.15, -0.1) is 11.3 Å². The highest BCUT2D eigenvalue weighted by Gasteiger charge is 2.13. The number of thiophene rings is 1. The van der Waals surface area contributed by atoms with E-state index in [0.29, 0.717) is 0 Å². The summed E-state index contributed by atoms with van der Waals surface area (Å²) in [4.78, 5) is 1.33. The van der Waals surface area contributed by atoms with Gasteiger partial charge in [-0.2, -0.15) is 0 Å². The standard InChI is InChI=1S/C17H17BrN2S/c18-16-8-9-21-17(16)11-14(20-19)10-13-6-3-5-12-4-1-2-7-15(12)13/h1-9,14,20H,10-11,19H2. The number of hydrazine groups is 1. The van der Waals surface area contributed by atoms with Gasteiger partial charge in [-0.3, -0.25) is 11.3 Å². The molecule has 1 heterocycles. The van der Waals surface area contributed by atoms with Crippen LogP contribution in [0.25, 0.3) is 10.8 Å². The SMILES string of the molecule is NNC(Cc1sccc1Br)Cc1cccc2ccccc12. The van der Waals surface area contributed by atoms with Gasteiger partial charge in [-0.25, -0.2) is 0 Å². The third-order valence-corrected chi connectivity index (χ3v) is 5.65. The third kappa shape index (κ3) is 3.35. The Labute approximate surface area is 137 Å². The lowest BCUT2D eigenvalue weighted by molar-refractivity contribution is 0.526. The van der Waals surface area contributed by atoms with Crippen LogP contribution in [-0.4, -0.2) is 6.04 Å². The summed E-state index contributed by atoms with van der Waals surface area (Å²) >= 11 is 5.36. The molecular weight excluding hydrogens is 344 g/mol. The molecule has 2 aromatic carbocycles. The highest BCUT2D eigenvalue weighted by molar-refractivity contribution is 9.10. The van der Waals surface area contributed by atoms with Crippen LogP contribution in [-0.2, 0) is 12.8 Å². The van der Waals surface area contributed by atoms with E-state index in [4.69, 9.17) is 5.84 Å². The van der Waals surface area contributed by atoms with E-state index in [1.807, 2.05) is 0 Å². The Morgan fingerprint density at radius 2 is 1.86 bits per heavy atom. The largest absolute Gasteiger partial charge is 0.271 e. The minimum absolute atomic E-state index is 0.228. The quantitative estimate of drug-likeness (QED) is 0.526. The van der Waals surface area contributed by atoms with Gasteiger partial charge in [0.05, 0.1) is 0 Å². The van der Waals surface area contributed by atoms with E-state index >= 15 is 0 Å². The molecule has 1 atom stereocenters. The van der Waals surface area contributed by atoms with Gasteiger partial charge in [-0.1, -0.05) is 42.5 Å². The van der Waals surface area contributed by atoms with E-state index in [-0.39, 0.29) is 6.04 Å². The maximum atomic E-state index is 5.77. The van der Waals surface area contributed by atoms with Crippen molar-refractivity contribution < 1.29 is 0 Å². The Bertz CT molecular complexity index is 733. The number of nitrogens with two attached hydrogens (primary N) is 1. The fraction of sp³-hybridized carbons (Fsp3) is 0.176. The van der Waals surface area contributed by atoms with Crippen molar-refractivity contribution in [2.45, 2.75) is 18.9 Å². The summed E-state index contributed by atoms with van der Waals surface area (Å²) in [7, 11) is 0. The average Bonchev–Trinajstić information content (AvgIpc) is 2.92. The fourth-order valence-corrected chi connectivity index (χ4v) is 4.22. The zero-order valence-electron chi connectivity index (χ0n) is 11.6. The lowest BCUT2D eigenvalue weighted by Crippen LogP contribution is -2.38. The van der Waals surface area contributed by atoms with Crippen LogP contribution in [0, 0.1) is 0 Å². The van der Waals surface area contributed by atoms with Crippen LogP contribution in [0.3, 0.4) is 0 Å². The van der Waals surface area contributed by atoms with Crippen LogP contribution in [0.15, 0.2) is 58.4 Å². The fourth-order valence-electron chi connectivity index (χ4n) is 2.62. The summed E-state index contributed by atoms with van der Waals surface area (Å²) in [5, 5.41) is 4.69. The summed E-state index contributed by atoms with van der Waals surface area (Å²) in [5.41, 5.74) is 4.30. The molecule has 4 heteroatoms. The normalized spacial score (nSPS) is 12.7. The van der Waals surface area contributed by atoms with E-state index in [1.165, 1.54) is 25.7 Å². The molecule has 0 saturated heterocycles. The van der Waals surface area contributed by atoms with Gasteiger partial charge < -0.3 is 0 Å². The van der Waals surface area contributed by atoms with Crippen molar-refractivity contribution in [3.8, 4) is 0 Å². The number of benzene rings is 2. The minimum atomic E-state index is 0.228. The molecule has 0 spiro atoms. The van der Waals surface area contributed by atoms with Gasteiger partial charge >= 0.3 is 0 Å². The molecular formula is C17H17BrN2S. The predicted octanol–water partition coefficient (Wildman–Crippen LogP) is 4.28. The first kappa shape index (κ1) is 14.7. The molecule has 0 radical (unpaired) electrons. The Morgan fingerprint density at radius 3 is 2.62 bits per heavy atom. The van der Waals surface area contributed by atoms with Crippen LogP contribution < -0.4 is 11.3 Å². The molecule has 0 bridgehead atoms. The first-order chi connectivity index (χ1) is 10.3. The molecule has 3 N–H and O–H groups in total. The monoisotopic (exact) mass is 360 g/mol. The molecule has 0 amide bonds. The lowest BCUT2D eigenvalue weighted by Gasteiger charge is -2.17. The Balaban J connectivity index is 1.84. The molecule has 0 fully saturated rings. The second-order valence-electron chi connectivity index (χ2n) is 5.10. The van der Waals surface area contributed by atoms with Crippen molar-refractivity contribution >= 4 is 38.0 Å². The zero-order chi connectivity index (χ0) is 14.7. The van der Waals surface area contributed by atoms with Gasteiger partial charge in [-0.05, 0) is 56.6 Å². The van der Waals surface area contributed by atoms with E-state index < -0.39 is 0 Å². The third-order valence-electron chi connectivity index (χ3n) is 3.70. The number of hydrogen-bond acceptors (Lipinski definition) is 3. The maximum Gasteiger partial charge on any atom is 0.0314 e. The van der Waals surface area contributed by atoms with Gasteiger partial charge in [0.15, 0.2) is 0 Å². The van der Waals surface area contributed by atoms with Crippen LogP contribution in [0.5, 0.6) is 0 Å². The van der Waals surface area contributed by atoms with Crippen molar-refractivity contribution in [1.29, 1.82) is 0 Å². The van der Waals surface area contributed by atoms with Crippen molar-refractivity contribution in [3.63, 3.8) is 0 Å². The molecule has 1 unspecified atom stereocenters. The number of nitrogens with one attached hydrogen (secondary N) is 1. The summed E-state index contributed by atoms with van der Waals surface area (Å²) in [5.74, 6) is 5.77. The highest BCUT2D eigenvalue weighted by Crippen LogP contribution is 2.26. The summed E-state index contributed by atoms with van der Waals surface area (Å²) in [6, 6.07) is 17.3. The Kier molecular flexibility index (Phi) is 4.70. The zero-order valence-corrected chi connectivity index (χ0v) is 14.0. The molecule has 21 heavy (non-hydrogen) atoms. The van der Waals surface area contributed by atoms with Gasteiger partial charge in [0.1, 0.15) is 0 Å². The van der Waals surface area contributed by atoms with Gasteiger partial charge in [0, 0.05) is 15.4 Å². The molecule has 0 aliphatic heterocycles. The average molecular weight is 361 g/mol. The van der Waals surface area contributed by atoms with E-state index in [9.17, 15) is 0 Å². The molecule has 3 rings (SSSR count). The van der Waals surface area contributed by atoms with Crippen molar-refractivity contribution in [2.24, 2.45) is 5.84 Å². The molecule has 2 nitrogen and oxygen atoms in total. The van der Waals surface area contributed by atoms with Crippen molar-refractivity contribution in [3.05, 3.63) is 68.8 Å². The van der Waals surface area contributed by atoms with E-state index in [2.05, 4.69) is 75.3 Å². The minimum Gasteiger partial charge on any atom is -0.271 e. The molecule has 0 aliphatic rings. The smallest absolute Gasteiger partial charge is 0.0314 e. The van der Waals surface area contributed by atoms with Gasteiger partial charge in [0.25, 0.3) is 0 Å². The Morgan fingerprint density at radius 1 is 1.05 bits per heavy atom. The maximum absolute atomic E-state index is 5.77. The molecule has 0 saturated carbocycles. The second-order valence-corrected chi connectivity index (χ2v) is 6.96. The van der Waals surface area contributed by atoms with Crippen LogP contribution >= 0.6 is 27.3 Å². The number of rotatable bonds is 5. The van der Waals surface area contributed by atoms with Crippen molar-refractivity contribution in [2.75, 3.05) is 0 Å². The van der Waals surface area contributed by atoms with Crippen LogP contribution in [0.1, 0.15) is 10.4 Å². The van der Waals surface area contributed by atoms with E-state index in [1.54, 1.807) is 11.3 Å². The number of fused-ring (bicyclic) bond motifs is 1. The summed E-state index contributed by atoms with van der Waals surface area (Å²) in [6.45, 7) is 0. The first-order valence-electron chi connectivity index (χ1n) is 6.92. The molecule has 108 valence electrons. The first-order valence-corrected chi connectivity index (χ1v) is 8.60. The van der Waals surface area contributed by atoms with Crippen LogP contribution in [0.2, 0.25) is 0 Å². The topological polar surface area (TPSA) is 38.0 Å². The number of hydrogen-bond donors (Lipinski definition) is 2. The predicted molar refractivity (Wildman–Crippen MR) is 94.5 cm³/mol. The van der Waals surface area contributed by atoms with Crippen LogP contribution in [0.4, 0.5) is 0 Å². The number of halogens is 1. The van der Waals surface area contributed by atoms with Crippen molar-refractivity contribution in [1.82, 2.24) is 5.43 Å². The summed E-state index contributed by atoms with van der Waals surface area (Å²) in [6.07, 6.45) is 1.85. The molecule has 3 aromatic rings. The summed E-state index contributed by atoms with van der Waals surface area (Å²) < 4.78 is 1.17. The molecule has 0 aliphatic carbocycles. The highest BCUT2D eigenvalue weighted by atomic mass is 79.9. The second kappa shape index (κ2) is 6.71.